The van der Waals surface area contributed by atoms with E-state index in [1.807, 2.05) is 18.3 Å². The molecule has 0 spiro atoms. The second kappa shape index (κ2) is 2.34. The third-order valence-corrected chi connectivity index (χ3v) is 1.78. The van der Waals surface area contributed by atoms with Crippen molar-refractivity contribution in [2.45, 2.75) is 13.5 Å². The molecule has 0 fully saturated rings. The van der Waals surface area contributed by atoms with Crippen LogP contribution in [-0.4, -0.2) is 14.8 Å². The highest BCUT2D eigenvalue weighted by molar-refractivity contribution is 5.74. The lowest BCUT2D eigenvalue weighted by Crippen LogP contribution is -1.93. The van der Waals surface area contributed by atoms with Gasteiger partial charge in [-0.2, -0.15) is 5.10 Å². The van der Waals surface area contributed by atoms with Gasteiger partial charge in [-0.15, -0.1) is 5.10 Å². The molecule has 0 aliphatic heterocycles. The van der Waals surface area contributed by atoms with E-state index in [-0.39, 0.29) is 0 Å². The number of hydrogen-bond donors (Lipinski definition) is 0. The Morgan fingerprint density at radius 2 is 2.36 bits per heavy atom. The molecular weight excluding hydrogens is 138 g/mol. The third-order valence-electron chi connectivity index (χ3n) is 1.78. The standard InChI is InChI=1S/C8H9N3/c1-2-11-6-4-7-3-5-9-10-8(7)11/h3-6H,2H2,1H3. The molecule has 0 saturated carbocycles. The average Bonchev–Trinajstić information content (AvgIpc) is 2.47. The zero-order valence-electron chi connectivity index (χ0n) is 6.36. The van der Waals surface area contributed by atoms with Crippen LogP contribution in [0.25, 0.3) is 11.0 Å². The second-order valence-corrected chi connectivity index (χ2v) is 2.41. The van der Waals surface area contributed by atoms with Crippen molar-refractivity contribution >= 4 is 11.0 Å². The van der Waals surface area contributed by atoms with Crippen LogP contribution >= 0.6 is 0 Å². The monoisotopic (exact) mass is 147 g/mol. The maximum Gasteiger partial charge on any atom is 0.162 e. The van der Waals surface area contributed by atoms with Gasteiger partial charge in [0, 0.05) is 18.1 Å². The van der Waals surface area contributed by atoms with Crippen LogP contribution in [0, 0.1) is 0 Å². The number of rotatable bonds is 1. The van der Waals surface area contributed by atoms with Crippen LogP contribution in [0.2, 0.25) is 0 Å². The topological polar surface area (TPSA) is 30.7 Å². The fourth-order valence-corrected chi connectivity index (χ4v) is 1.18. The fourth-order valence-electron chi connectivity index (χ4n) is 1.18. The van der Waals surface area contributed by atoms with Crippen LogP contribution < -0.4 is 0 Å². The molecule has 0 aromatic carbocycles. The summed E-state index contributed by atoms with van der Waals surface area (Å²) in [6.45, 7) is 3.04. The van der Waals surface area contributed by atoms with E-state index in [9.17, 15) is 0 Å². The molecule has 2 rings (SSSR count). The summed E-state index contributed by atoms with van der Waals surface area (Å²) in [7, 11) is 0. The Morgan fingerprint density at radius 1 is 1.45 bits per heavy atom. The van der Waals surface area contributed by atoms with Crippen LogP contribution in [-0.2, 0) is 6.54 Å². The first-order chi connectivity index (χ1) is 5.42. The molecule has 0 N–H and O–H groups in total. The predicted molar refractivity (Wildman–Crippen MR) is 43.2 cm³/mol. The summed E-state index contributed by atoms with van der Waals surface area (Å²) in [6.07, 6.45) is 3.74. The number of nitrogens with zero attached hydrogens (tertiary/aromatic N) is 3. The third kappa shape index (κ3) is 0.888. The first kappa shape index (κ1) is 6.34. The van der Waals surface area contributed by atoms with E-state index < -0.39 is 0 Å². The van der Waals surface area contributed by atoms with Crippen molar-refractivity contribution in [1.29, 1.82) is 0 Å². The van der Waals surface area contributed by atoms with E-state index >= 15 is 0 Å². The molecule has 11 heavy (non-hydrogen) atoms. The van der Waals surface area contributed by atoms with Crippen molar-refractivity contribution in [3.05, 3.63) is 24.5 Å². The minimum absolute atomic E-state index is 0.947. The Morgan fingerprint density at radius 3 is 3.18 bits per heavy atom. The van der Waals surface area contributed by atoms with Gasteiger partial charge in [0.25, 0.3) is 0 Å². The first-order valence-electron chi connectivity index (χ1n) is 3.68. The lowest BCUT2D eigenvalue weighted by atomic mass is 10.4. The summed E-state index contributed by atoms with van der Waals surface area (Å²) in [5.41, 5.74) is 0.968. The van der Waals surface area contributed by atoms with Crippen molar-refractivity contribution < 1.29 is 0 Å². The molecule has 3 heteroatoms. The Bertz CT molecular complexity index is 364. The van der Waals surface area contributed by atoms with Crippen molar-refractivity contribution in [2.75, 3.05) is 0 Å². The summed E-state index contributed by atoms with van der Waals surface area (Å²) < 4.78 is 2.07. The Balaban J connectivity index is 2.76. The number of aromatic nitrogens is 3. The molecule has 0 aliphatic carbocycles. The fraction of sp³-hybridized carbons (Fsp3) is 0.250. The highest BCUT2D eigenvalue weighted by Crippen LogP contribution is 2.10. The molecule has 0 bridgehead atoms. The second-order valence-electron chi connectivity index (χ2n) is 2.41. The van der Waals surface area contributed by atoms with E-state index in [2.05, 4.69) is 21.7 Å². The quantitative estimate of drug-likeness (QED) is 0.611. The SMILES string of the molecule is CCn1ccc2ccnnc21. The molecule has 0 unspecified atom stereocenters. The van der Waals surface area contributed by atoms with Gasteiger partial charge >= 0.3 is 0 Å². The van der Waals surface area contributed by atoms with Crippen molar-refractivity contribution in [3.8, 4) is 0 Å². The molecule has 0 aliphatic rings. The van der Waals surface area contributed by atoms with Gasteiger partial charge in [-0.3, -0.25) is 0 Å². The molecule has 2 heterocycles. The Kier molecular flexibility index (Phi) is 1.35. The van der Waals surface area contributed by atoms with Crippen LogP contribution in [0.1, 0.15) is 6.92 Å². The zero-order valence-corrected chi connectivity index (χ0v) is 6.36. The molecule has 3 nitrogen and oxygen atoms in total. The maximum absolute atomic E-state index is 4.02. The molecule has 2 aromatic heterocycles. The summed E-state index contributed by atoms with van der Waals surface area (Å²) in [5, 5.41) is 9.00. The highest BCUT2D eigenvalue weighted by atomic mass is 15.2. The van der Waals surface area contributed by atoms with Gasteiger partial charge in [-0.25, -0.2) is 0 Å². The molecule has 0 amide bonds. The van der Waals surface area contributed by atoms with Crippen molar-refractivity contribution in [3.63, 3.8) is 0 Å². The maximum atomic E-state index is 4.02. The van der Waals surface area contributed by atoms with Crippen molar-refractivity contribution in [1.82, 2.24) is 14.8 Å². The summed E-state index contributed by atoms with van der Waals surface area (Å²) in [5.74, 6) is 0. The van der Waals surface area contributed by atoms with Gasteiger partial charge in [0.2, 0.25) is 0 Å². The van der Waals surface area contributed by atoms with Crippen molar-refractivity contribution in [2.24, 2.45) is 0 Å². The number of hydrogen-bond acceptors (Lipinski definition) is 2. The molecular formula is C8H9N3. The number of fused-ring (bicyclic) bond motifs is 1. The van der Waals surface area contributed by atoms with E-state index in [1.54, 1.807) is 6.20 Å². The minimum Gasteiger partial charge on any atom is -0.331 e. The lowest BCUT2D eigenvalue weighted by Gasteiger charge is -1.95. The number of aryl methyl sites for hydroxylation is 1. The van der Waals surface area contributed by atoms with Crippen LogP contribution in [0.4, 0.5) is 0 Å². The molecule has 56 valence electrons. The molecule has 2 aromatic rings. The molecule has 0 saturated heterocycles. The first-order valence-corrected chi connectivity index (χ1v) is 3.68. The minimum atomic E-state index is 0.947. The van der Waals surface area contributed by atoms with Gasteiger partial charge < -0.3 is 4.57 Å². The zero-order chi connectivity index (χ0) is 7.68. The molecule has 0 atom stereocenters. The lowest BCUT2D eigenvalue weighted by molar-refractivity contribution is 0.779. The van der Waals surface area contributed by atoms with Gasteiger partial charge in [0.1, 0.15) is 0 Å². The van der Waals surface area contributed by atoms with E-state index in [4.69, 9.17) is 0 Å². The smallest absolute Gasteiger partial charge is 0.162 e. The van der Waals surface area contributed by atoms with Gasteiger partial charge in [-0.05, 0) is 19.1 Å². The Labute approximate surface area is 64.7 Å². The van der Waals surface area contributed by atoms with Gasteiger partial charge in [-0.1, -0.05) is 0 Å². The van der Waals surface area contributed by atoms with E-state index in [0.29, 0.717) is 0 Å². The predicted octanol–water partition coefficient (Wildman–Crippen LogP) is 1.45. The van der Waals surface area contributed by atoms with Crippen LogP contribution in [0.3, 0.4) is 0 Å². The van der Waals surface area contributed by atoms with Gasteiger partial charge in [0.05, 0.1) is 6.20 Å². The van der Waals surface area contributed by atoms with Crippen LogP contribution in [0.5, 0.6) is 0 Å². The van der Waals surface area contributed by atoms with E-state index in [0.717, 1.165) is 17.6 Å². The average molecular weight is 147 g/mol. The van der Waals surface area contributed by atoms with Gasteiger partial charge in [0.15, 0.2) is 5.65 Å². The normalized spacial score (nSPS) is 10.6. The molecule has 0 radical (unpaired) electrons. The summed E-state index contributed by atoms with van der Waals surface area (Å²) >= 11 is 0. The Hall–Kier alpha value is -1.38. The van der Waals surface area contributed by atoms with E-state index in [1.165, 1.54) is 0 Å². The van der Waals surface area contributed by atoms with Crippen LogP contribution in [0.15, 0.2) is 24.5 Å². The highest BCUT2D eigenvalue weighted by Gasteiger charge is 1.97. The largest absolute Gasteiger partial charge is 0.331 e. The summed E-state index contributed by atoms with van der Waals surface area (Å²) in [6, 6.07) is 4.02. The summed E-state index contributed by atoms with van der Waals surface area (Å²) in [4.78, 5) is 0.